The summed E-state index contributed by atoms with van der Waals surface area (Å²) in [5, 5.41) is 0. The van der Waals surface area contributed by atoms with Crippen molar-refractivity contribution in [3.05, 3.63) is 65.5 Å². The van der Waals surface area contributed by atoms with Crippen LogP contribution in [0, 0.1) is 12.8 Å². The highest BCUT2D eigenvalue weighted by Gasteiger charge is 2.50. The standard InChI is InChI=1S/C23H29N3O2/c1-18-4-3-5-21(12-18)22(27)26-16-23(17-26)13-20(8-11-25(23)2)15-28-14-19-6-9-24-10-7-19/h3-7,9-10,12,20H,8,11,13-17H2,1-2H3/t20-/m1/s1. The highest BCUT2D eigenvalue weighted by Crippen LogP contribution is 2.39. The summed E-state index contributed by atoms with van der Waals surface area (Å²) in [4.78, 5) is 21.3. The molecule has 1 aromatic heterocycles. The molecule has 5 heteroatoms. The summed E-state index contributed by atoms with van der Waals surface area (Å²) < 4.78 is 5.99. The summed E-state index contributed by atoms with van der Waals surface area (Å²) in [5.74, 6) is 0.702. The van der Waals surface area contributed by atoms with Gasteiger partial charge in [-0.1, -0.05) is 17.7 Å². The molecule has 1 aromatic carbocycles. The van der Waals surface area contributed by atoms with Crippen molar-refractivity contribution in [1.82, 2.24) is 14.8 Å². The fraction of sp³-hybridized carbons (Fsp3) is 0.478. The zero-order valence-corrected chi connectivity index (χ0v) is 16.8. The quantitative estimate of drug-likeness (QED) is 0.801. The maximum atomic E-state index is 12.8. The minimum atomic E-state index is 0.114. The molecule has 148 valence electrons. The number of aryl methyl sites for hydroxylation is 1. The van der Waals surface area contributed by atoms with Gasteiger partial charge in [-0.05, 0) is 69.1 Å². The molecule has 1 atom stereocenters. The van der Waals surface area contributed by atoms with Gasteiger partial charge in [-0.3, -0.25) is 14.7 Å². The van der Waals surface area contributed by atoms with Gasteiger partial charge in [0, 0.05) is 37.7 Å². The molecule has 0 bridgehead atoms. The van der Waals surface area contributed by atoms with Gasteiger partial charge in [0.05, 0.1) is 12.1 Å². The molecule has 2 aliphatic heterocycles. The van der Waals surface area contributed by atoms with Gasteiger partial charge in [-0.15, -0.1) is 0 Å². The van der Waals surface area contributed by atoms with Gasteiger partial charge in [-0.2, -0.15) is 0 Å². The number of piperidine rings is 1. The first-order valence-electron chi connectivity index (χ1n) is 10.1. The Morgan fingerprint density at radius 1 is 1.25 bits per heavy atom. The molecular weight excluding hydrogens is 350 g/mol. The van der Waals surface area contributed by atoms with E-state index >= 15 is 0 Å². The number of benzene rings is 1. The molecule has 2 fully saturated rings. The number of amides is 1. The molecule has 0 saturated carbocycles. The summed E-state index contributed by atoms with van der Waals surface area (Å²) >= 11 is 0. The lowest BCUT2D eigenvalue weighted by molar-refractivity contribution is -0.0768. The number of nitrogens with zero attached hydrogens (tertiary/aromatic N) is 3. The number of ether oxygens (including phenoxy) is 1. The van der Waals surface area contributed by atoms with Crippen LogP contribution in [0.1, 0.15) is 34.3 Å². The van der Waals surface area contributed by atoms with Crippen LogP contribution in [0.3, 0.4) is 0 Å². The first-order chi connectivity index (χ1) is 13.6. The minimum absolute atomic E-state index is 0.114. The summed E-state index contributed by atoms with van der Waals surface area (Å²) in [6, 6.07) is 11.9. The molecule has 2 aromatic rings. The van der Waals surface area contributed by atoms with Gasteiger partial charge in [-0.25, -0.2) is 0 Å². The second-order valence-corrected chi connectivity index (χ2v) is 8.41. The van der Waals surface area contributed by atoms with Crippen LogP contribution in [0.5, 0.6) is 0 Å². The van der Waals surface area contributed by atoms with Crippen molar-refractivity contribution in [2.24, 2.45) is 5.92 Å². The molecule has 4 rings (SSSR count). The van der Waals surface area contributed by atoms with E-state index in [4.69, 9.17) is 4.74 Å². The van der Waals surface area contributed by atoms with Gasteiger partial charge in [0.2, 0.25) is 0 Å². The van der Waals surface area contributed by atoms with Crippen molar-refractivity contribution in [3.8, 4) is 0 Å². The highest BCUT2D eigenvalue weighted by atomic mass is 16.5. The number of aromatic nitrogens is 1. The number of rotatable bonds is 5. The van der Waals surface area contributed by atoms with Crippen molar-refractivity contribution in [1.29, 1.82) is 0 Å². The molecule has 3 heterocycles. The Bertz CT molecular complexity index is 818. The number of hydrogen-bond acceptors (Lipinski definition) is 4. The molecule has 0 radical (unpaired) electrons. The molecule has 5 nitrogen and oxygen atoms in total. The number of pyridine rings is 1. The fourth-order valence-electron chi connectivity index (χ4n) is 4.51. The van der Waals surface area contributed by atoms with E-state index in [0.29, 0.717) is 12.5 Å². The average molecular weight is 380 g/mol. The molecule has 2 saturated heterocycles. The fourth-order valence-corrected chi connectivity index (χ4v) is 4.51. The molecule has 1 amide bonds. The van der Waals surface area contributed by atoms with Crippen molar-refractivity contribution in [2.45, 2.75) is 31.9 Å². The Labute approximate surface area is 167 Å². The molecule has 28 heavy (non-hydrogen) atoms. The lowest BCUT2D eigenvalue weighted by Gasteiger charge is -2.58. The van der Waals surface area contributed by atoms with Gasteiger partial charge in [0.1, 0.15) is 0 Å². The van der Waals surface area contributed by atoms with E-state index in [9.17, 15) is 4.79 Å². The molecule has 0 N–H and O–H groups in total. The third-order valence-corrected chi connectivity index (χ3v) is 6.25. The largest absolute Gasteiger partial charge is 0.376 e. The third kappa shape index (κ3) is 3.96. The highest BCUT2D eigenvalue weighted by molar-refractivity contribution is 5.95. The van der Waals surface area contributed by atoms with Crippen molar-refractivity contribution < 1.29 is 9.53 Å². The Balaban J connectivity index is 1.31. The zero-order chi connectivity index (χ0) is 19.6. The Kier molecular flexibility index (Phi) is 5.47. The van der Waals surface area contributed by atoms with E-state index in [2.05, 4.69) is 16.9 Å². The van der Waals surface area contributed by atoms with Crippen LogP contribution in [0.15, 0.2) is 48.8 Å². The Morgan fingerprint density at radius 3 is 2.79 bits per heavy atom. The number of hydrogen-bond donors (Lipinski definition) is 0. The maximum Gasteiger partial charge on any atom is 0.253 e. The summed E-state index contributed by atoms with van der Waals surface area (Å²) in [5.41, 5.74) is 3.20. The van der Waals surface area contributed by atoms with Crippen LogP contribution in [0.2, 0.25) is 0 Å². The Morgan fingerprint density at radius 2 is 2.04 bits per heavy atom. The Hall–Kier alpha value is -2.24. The van der Waals surface area contributed by atoms with E-state index < -0.39 is 0 Å². The van der Waals surface area contributed by atoms with Gasteiger partial charge in [0.25, 0.3) is 5.91 Å². The van der Waals surface area contributed by atoms with E-state index in [1.54, 1.807) is 12.4 Å². The predicted octanol–water partition coefficient (Wildman–Crippen LogP) is 3.14. The number of carbonyl (C=O) groups is 1. The van der Waals surface area contributed by atoms with Crippen LogP contribution >= 0.6 is 0 Å². The van der Waals surface area contributed by atoms with Crippen molar-refractivity contribution in [3.63, 3.8) is 0 Å². The average Bonchev–Trinajstić information content (AvgIpc) is 2.68. The zero-order valence-electron chi connectivity index (χ0n) is 16.8. The second kappa shape index (κ2) is 8.02. The summed E-state index contributed by atoms with van der Waals surface area (Å²) in [6.45, 7) is 6.15. The van der Waals surface area contributed by atoms with Crippen molar-refractivity contribution >= 4 is 5.91 Å². The molecule has 0 aliphatic carbocycles. The number of likely N-dealkylation sites (tertiary alicyclic amines) is 2. The van der Waals surface area contributed by atoms with E-state index in [-0.39, 0.29) is 11.4 Å². The minimum Gasteiger partial charge on any atom is -0.376 e. The summed E-state index contributed by atoms with van der Waals surface area (Å²) in [7, 11) is 2.20. The monoisotopic (exact) mass is 379 g/mol. The van der Waals surface area contributed by atoms with E-state index in [0.717, 1.165) is 55.8 Å². The van der Waals surface area contributed by atoms with Gasteiger partial charge >= 0.3 is 0 Å². The van der Waals surface area contributed by atoms with Gasteiger partial charge < -0.3 is 9.64 Å². The SMILES string of the molecule is Cc1cccc(C(=O)N2CC3(C[C@H](COCc4ccncc4)CCN3C)C2)c1. The lowest BCUT2D eigenvalue weighted by Crippen LogP contribution is -2.72. The smallest absolute Gasteiger partial charge is 0.253 e. The van der Waals surface area contributed by atoms with E-state index in [1.165, 1.54) is 0 Å². The molecule has 1 spiro atoms. The normalized spacial score (nSPS) is 21.5. The predicted molar refractivity (Wildman–Crippen MR) is 109 cm³/mol. The van der Waals surface area contributed by atoms with Crippen LogP contribution < -0.4 is 0 Å². The third-order valence-electron chi connectivity index (χ3n) is 6.25. The second-order valence-electron chi connectivity index (χ2n) is 8.41. The topological polar surface area (TPSA) is 45.7 Å². The molecule has 2 aliphatic rings. The molecule has 0 unspecified atom stereocenters. The van der Waals surface area contributed by atoms with E-state index in [1.807, 2.05) is 48.2 Å². The first-order valence-corrected chi connectivity index (χ1v) is 10.1. The van der Waals surface area contributed by atoms with Crippen molar-refractivity contribution in [2.75, 3.05) is 33.3 Å². The number of carbonyl (C=O) groups excluding carboxylic acids is 1. The molecular formula is C23H29N3O2. The van der Waals surface area contributed by atoms with Crippen LogP contribution in [-0.4, -0.2) is 59.5 Å². The lowest BCUT2D eigenvalue weighted by atomic mass is 9.75. The van der Waals surface area contributed by atoms with Gasteiger partial charge in [0.15, 0.2) is 0 Å². The number of likely N-dealkylation sites (N-methyl/N-ethyl adjacent to an activating group) is 1. The maximum absolute atomic E-state index is 12.8. The van der Waals surface area contributed by atoms with Crippen LogP contribution in [0.4, 0.5) is 0 Å². The summed E-state index contributed by atoms with van der Waals surface area (Å²) in [6.07, 6.45) is 5.85. The first kappa shape index (κ1) is 19.1. The van der Waals surface area contributed by atoms with Crippen LogP contribution in [-0.2, 0) is 11.3 Å². The van der Waals surface area contributed by atoms with Crippen LogP contribution in [0.25, 0.3) is 0 Å².